The molecule has 42 heavy (non-hydrogen) atoms. The molecule has 1 N–H and O–H groups in total. The topological polar surface area (TPSA) is 179 Å². The molecule has 0 saturated carbocycles. The van der Waals surface area contributed by atoms with Gasteiger partial charge in [-0.1, -0.05) is 11.6 Å². The summed E-state index contributed by atoms with van der Waals surface area (Å²) in [5.74, 6) is -4.49. The maximum absolute atomic E-state index is 13.7. The second kappa shape index (κ2) is 14.6. The molecule has 1 amide bonds. The van der Waals surface area contributed by atoms with Crippen LogP contribution in [0.4, 0.5) is 0 Å². The average Bonchev–Trinajstić information content (AvgIpc) is 2.89. The smallest absolute Gasteiger partial charge is 0.343 e. The predicted molar refractivity (Wildman–Crippen MR) is 142 cm³/mol. The van der Waals surface area contributed by atoms with Crippen molar-refractivity contribution in [1.82, 2.24) is 5.32 Å². The third-order valence-corrected chi connectivity index (χ3v) is 6.33. The van der Waals surface area contributed by atoms with E-state index < -0.39 is 78.4 Å². The van der Waals surface area contributed by atoms with Crippen LogP contribution < -0.4 is 10.1 Å². The molecule has 1 aromatic carbocycles. The fourth-order valence-corrected chi connectivity index (χ4v) is 4.86. The van der Waals surface area contributed by atoms with Crippen LogP contribution in [0.15, 0.2) is 18.2 Å². The summed E-state index contributed by atoms with van der Waals surface area (Å²) < 4.78 is 38.8. The number of carbonyl (C=O) groups is 6. The van der Waals surface area contributed by atoms with Crippen molar-refractivity contribution < 1.29 is 61.9 Å². The van der Waals surface area contributed by atoms with Crippen LogP contribution in [0.1, 0.15) is 52.2 Å². The highest BCUT2D eigenvalue weighted by Gasteiger charge is 2.59. The van der Waals surface area contributed by atoms with Gasteiger partial charge in [0.05, 0.1) is 20.3 Å². The van der Waals surface area contributed by atoms with Gasteiger partial charge in [0.1, 0.15) is 24.6 Å². The van der Waals surface area contributed by atoms with Crippen molar-refractivity contribution in [2.24, 2.45) is 0 Å². The molecular weight excluding hydrogens is 558 g/mol. The number of amides is 1. The highest BCUT2D eigenvalue weighted by Crippen LogP contribution is 2.45. The third-order valence-electron chi connectivity index (χ3n) is 6.33. The number of nitrogens with one attached hydrogen (secondary N) is 1. The van der Waals surface area contributed by atoms with Crippen molar-refractivity contribution in [3.05, 3.63) is 29.3 Å². The predicted octanol–water partition coefficient (Wildman–Crippen LogP) is 1.02. The summed E-state index contributed by atoms with van der Waals surface area (Å²) in [5, 5.41) is 2.64. The van der Waals surface area contributed by atoms with Crippen molar-refractivity contribution in [3.63, 3.8) is 0 Å². The van der Waals surface area contributed by atoms with Crippen molar-refractivity contribution in [3.8, 4) is 5.75 Å². The second-order valence-corrected chi connectivity index (χ2v) is 9.71. The van der Waals surface area contributed by atoms with Gasteiger partial charge in [-0.15, -0.1) is 0 Å². The fourth-order valence-electron chi connectivity index (χ4n) is 4.86. The van der Waals surface area contributed by atoms with E-state index in [0.29, 0.717) is 5.56 Å². The molecule has 0 bridgehead atoms. The first-order valence-electron chi connectivity index (χ1n) is 13.0. The highest BCUT2D eigenvalue weighted by atomic mass is 16.6. The summed E-state index contributed by atoms with van der Waals surface area (Å²) in [5.41, 5.74) is -1.18. The van der Waals surface area contributed by atoms with Gasteiger partial charge < -0.3 is 38.5 Å². The second-order valence-electron chi connectivity index (χ2n) is 9.71. The largest absolute Gasteiger partial charge is 0.496 e. The Morgan fingerprint density at radius 2 is 1.60 bits per heavy atom. The van der Waals surface area contributed by atoms with E-state index in [2.05, 4.69) is 5.32 Å². The standard InChI is InChI=1S/C28H37NO13/c1-14-9-10-21(36-7)20(11-14)28(27(35)37-8)12-22(39-17(4)32)24(29-15(2)30)26(42-28)25(41-19(6)34)23(40-18(5)33)13-38-16(3)31/h9-11,22-26H,12-13H2,1-8H3,(H,29,30)/t22-,23+,24+,25+,26+,28-/m0/s1. The molecule has 1 aliphatic heterocycles. The monoisotopic (exact) mass is 595 g/mol. The fraction of sp³-hybridized carbons (Fsp3) is 0.571. The Hall–Kier alpha value is -4.20. The van der Waals surface area contributed by atoms with E-state index in [1.54, 1.807) is 25.1 Å². The Morgan fingerprint density at radius 1 is 0.952 bits per heavy atom. The van der Waals surface area contributed by atoms with Gasteiger partial charge in [-0.25, -0.2) is 4.79 Å². The van der Waals surface area contributed by atoms with E-state index in [4.69, 9.17) is 33.2 Å². The average molecular weight is 596 g/mol. The van der Waals surface area contributed by atoms with E-state index in [1.807, 2.05) is 0 Å². The molecule has 1 heterocycles. The van der Waals surface area contributed by atoms with E-state index in [-0.39, 0.29) is 17.7 Å². The number of hydrogen-bond donors (Lipinski definition) is 1. The van der Waals surface area contributed by atoms with E-state index >= 15 is 0 Å². The molecule has 232 valence electrons. The minimum Gasteiger partial charge on any atom is -0.496 e. The first kappa shape index (κ1) is 34.0. The van der Waals surface area contributed by atoms with Gasteiger partial charge in [0.25, 0.3) is 0 Å². The molecule has 14 heteroatoms. The van der Waals surface area contributed by atoms with Crippen LogP contribution in [0.5, 0.6) is 5.75 Å². The number of methoxy groups -OCH3 is 2. The van der Waals surface area contributed by atoms with Crippen molar-refractivity contribution in [2.75, 3.05) is 20.8 Å². The number of rotatable bonds is 11. The van der Waals surface area contributed by atoms with Crippen LogP contribution in [0.25, 0.3) is 0 Å². The van der Waals surface area contributed by atoms with Gasteiger partial charge in [-0.05, 0) is 19.1 Å². The van der Waals surface area contributed by atoms with E-state index in [1.165, 1.54) is 14.0 Å². The molecule has 1 saturated heterocycles. The van der Waals surface area contributed by atoms with Crippen LogP contribution in [-0.2, 0) is 62.8 Å². The SMILES string of the molecule is COC(=O)[C@@]1(c2cc(C)ccc2OC)C[C@H](OC(C)=O)[C@@H](NC(C)=O)[C@H]([C@H](OC(C)=O)[C@@H](COC(C)=O)OC(C)=O)O1. The van der Waals surface area contributed by atoms with Crippen molar-refractivity contribution >= 4 is 35.8 Å². The van der Waals surface area contributed by atoms with Gasteiger partial charge >= 0.3 is 29.8 Å². The summed E-state index contributed by atoms with van der Waals surface area (Å²) in [7, 11) is 2.50. The zero-order valence-electron chi connectivity index (χ0n) is 24.8. The number of carbonyl (C=O) groups excluding carboxylic acids is 6. The van der Waals surface area contributed by atoms with Crippen LogP contribution in [0.3, 0.4) is 0 Å². The zero-order chi connectivity index (χ0) is 31.8. The van der Waals surface area contributed by atoms with E-state index in [9.17, 15) is 28.8 Å². The minimum absolute atomic E-state index is 0.186. The minimum atomic E-state index is -2.06. The zero-order valence-corrected chi connectivity index (χ0v) is 24.8. The molecule has 6 atom stereocenters. The molecule has 0 aromatic heterocycles. The Kier molecular flexibility index (Phi) is 11.8. The maximum atomic E-state index is 13.7. The molecule has 14 nitrogen and oxygen atoms in total. The van der Waals surface area contributed by atoms with Gasteiger partial charge in [0, 0.05) is 46.6 Å². The van der Waals surface area contributed by atoms with Crippen LogP contribution >= 0.6 is 0 Å². The summed E-state index contributed by atoms with van der Waals surface area (Å²) in [6.45, 7) is 6.76. The Bertz CT molecular complexity index is 1200. The highest BCUT2D eigenvalue weighted by molar-refractivity contribution is 5.83. The lowest BCUT2D eigenvalue weighted by atomic mass is 9.78. The summed E-state index contributed by atoms with van der Waals surface area (Å²) in [4.78, 5) is 74.5. The Morgan fingerprint density at radius 3 is 2.10 bits per heavy atom. The summed E-state index contributed by atoms with van der Waals surface area (Å²) >= 11 is 0. The van der Waals surface area contributed by atoms with Gasteiger partial charge in [-0.3, -0.25) is 24.0 Å². The van der Waals surface area contributed by atoms with Gasteiger partial charge in [-0.2, -0.15) is 0 Å². The lowest BCUT2D eigenvalue weighted by molar-refractivity contribution is -0.245. The van der Waals surface area contributed by atoms with Gasteiger partial charge in [0.15, 0.2) is 17.8 Å². The Balaban J connectivity index is 2.93. The molecule has 1 aliphatic rings. The lowest BCUT2D eigenvalue weighted by Crippen LogP contribution is -2.67. The van der Waals surface area contributed by atoms with Crippen LogP contribution in [-0.4, -0.2) is 87.0 Å². The molecule has 2 rings (SSSR count). The molecular formula is C28H37NO13. The maximum Gasteiger partial charge on any atom is 0.343 e. The lowest BCUT2D eigenvalue weighted by Gasteiger charge is -2.49. The molecule has 0 radical (unpaired) electrons. The van der Waals surface area contributed by atoms with Gasteiger partial charge in [0.2, 0.25) is 5.91 Å². The van der Waals surface area contributed by atoms with Crippen LogP contribution in [0.2, 0.25) is 0 Å². The van der Waals surface area contributed by atoms with E-state index in [0.717, 1.165) is 34.8 Å². The number of benzene rings is 1. The number of aryl methyl sites for hydroxylation is 1. The first-order chi connectivity index (χ1) is 19.6. The van der Waals surface area contributed by atoms with Crippen LogP contribution in [0, 0.1) is 6.92 Å². The molecule has 1 aromatic rings. The van der Waals surface area contributed by atoms with Crippen molar-refractivity contribution in [1.29, 1.82) is 0 Å². The normalized spacial score (nSPS) is 22.9. The number of esters is 5. The number of hydrogen-bond acceptors (Lipinski definition) is 13. The quantitative estimate of drug-likeness (QED) is 0.283. The number of ether oxygens (including phenoxy) is 7. The summed E-state index contributed by atoms with van der Waals surface area (Å²) in [6.07, 6.45) is -6.29. The molecule has 1 fully saturated rings. The Labute approximate surface area is 243 Å². The first-order valence-corrected chi connectivity index (χ1v) is 13.0. The summed E-state index contributed by atoms with van der Waals surface area (Å²) in [6, 6.07) is 3.68. The molecule has 0 spiro atoms. The van der Waals surface area contributed by atoms with Crippen molar-refractivity contribution in [2.45, 2.75) is 84.0 Å². The molecule has 0 unspecified atom stereocenters. The third kappa shape index (κ3) is 8.41. The molecule has 0 aliphatic carbocycles.